The Hall–Kier alpha value is -0.570. The average molecular weight is 298 g/mol. The molecule has 0 unspecified atom stereocenters. The Bertz CT molecular complexity index is 413. The molecule has 92 valence electrons. The van der Waals surface area contributed by atoms with Crippen molar-refractivity contribution in [2.24, 2.45) is 5.92 Å². The van der Waals surface area contributed by atoms with E-state index in [1.807, 2.05) is 6.07 Å². The van der Waals surface area contributed by atoms with Gasteiger partial charge in [0, 0.05) is 23.6 Å². The molecule has 0 saturated heterocycles. The first-order chi connectivity index (χ1) is 8.28. The number of benzene rings is 1. The van der Waals surface area contributed by atoms with Crippen LogP contribution in [-0.4, -0.2) is 12.6 Å². The van der Waals surface area contributed by atoms with Crippen LogP contribution in [0.3, 0.4) is 0 Å². The summed E-state index contributed by atoms with van der Waals surface area (Å²) in [6.45, 7) is 1.16. The highest BCUT2D eigenvalue weighted by atomic mass is 79.9. The standard InChI is InChI=1S/C14H17BrFN/c15-8-11-7-12(16)3-6-14(11)17(13-4-5-13)9-10-1-2-10/h3,6-7,10,13H,1-2,4-5,8-9H2. The van der Waals surface area contributed by atoms with Crippen LogP contribution in [0.15, 0.2) is 18.2 Å². The number of alkyl halides is 1. The van der Waals surface area contributed by atoms with Gasteiger partial charge < -0.3 is 4.90 Å². The molecule has 0 spiro atoms. The highest BCUT2D eigenvalue weighted by Crippen LogP contribution is 2.39. The SMILES string of the molecule is Fc1ccc(N(CC2CC2)C2CC2)c(CBr)c1. The van der Waals surface area contributed by atoms with Gasteiger partial charge in [0.05, 0.1) is 0 Å². The first kappa shape index (κ1) is 11.5. The Labute approximate surface area is 110 Å². The zero-order chi connectivity index (χ0) is 11.8. The van der Waals surface area contributed by atoms with Gasteiger partial charge in [-0.25, -0.2) is 4.39 Å². The number of hydrogen-bond acceptors (Lipinski definition) is 1. The van der Waals surface area contributed by atoms with Crippen LogP contribution in [0.25, 0.3) is 0 Å². The monoisotopic (exact) mass is 297 g/mol. The molecule has 2 aliphatic rings. The predicted molar refractivity (Wildman–Crippen MR) is 72.1 cm³/mol. The number of halogens is 2. The maximum Gasteiger partial charge on any atom is 0.123 e. The largest absolute Gasteiger partial charge is 0.368 e. The highest BCUT2D eigenvalue weighted by molar-refractivity contribution is 9.08. The van der Waals surface area contributed by atoms with Crippen LogP contribution in [0.4, 0.5) is 10.1 Å². The first-order valence-electron chi connectivity index (χ1n) is 6.39. The third kappa shape index (κ3) is 2.65. The minimum absolute atomic E-state index is 0.134. The van der Waals surface area contributed by atoms with Crippen molar-refractivity contribution in [3.63, 3.8) is 0 Å². The topological polar surface area (TPSA) is 3.24 Å². The van der Waals surface area contributed by atoms with E-state index in [1.54, 1.807) is 12.1 Å². The summed E-state index contributed by atoms with van der Waals surface area (Å²) in [4.78, 5) is 2.51. The zero-order valence-corrected chi connectivity index (χ0v) is 11.4. The molecule has 0 radical (unpaired) electrons. The van der Waals surface area contributed by atoms with Crippen molar-refractivity contribution in [1.82, 2.24) is 0 Å². The van der Waals surface area contributed by atoms with Gasteiger partial charge in [-0.3, -0.25) is 0 Å². The van der Waals surface area contributed by atoms with Crippen LogP contribution in [0.1, 0.15) is 31.2 Å². The van der Waals surface area contributed by atoms with Gasteiger partial charge >= 0.3 is 0 Å². The molecule has 2 aliphatic carbocycles. The third-order valence-electron chi connectivity index (χ3n) is 3.63. The summed E-state index contributed by atoms with van der Waals surface area (Å²) in [5.41, 5.74) is 2.32. The van der Waals surface area contributed by atoms with E-state index in [0.29, 0.717) is 6.04 Å². The molecule has 0 aromatic heterocycles. The van der Waals surface area contributed by atoms with Crippen LogP contribution in [-0.2, 0) is 5.33 Å². The fourth-order valence-corrected chi connectivity index (χ4v) is 2.80. The molecule has 0 amide bonds. The molecule has 0 atom stereocenters. The first-order valence-corrected chi connectivity index (χ1v) is 7.51. The normalized spacial score (nSPS) is 19.4. The van der Waals surface area contributed by atoms with Crippen molar-refractivity contribution in [3.8, 4) is 0 Å². The number of nitrogens with zero attached hydrogens (tertiary/aromatic N) is 1. The van der Waals surface area contributed by atoms with Crippen LogP contribution >= 0.6 is 15.9 Å². The van der Waals surface area contributed by atoms with Crippen LogP contribution in [0.2, 0.25) is 0 Å². The van der Waals surface area contributed by atoms with Crippen molar-refractivity contribution < 1.29 is 4.39 Å². The quantitative estimate of drug-likeness (QED) is 0.740. The Balaban J connectivity index is 1.87. The molecule has 2 saturated carbocycles. The molecule has 1 nitrogen and oxygen atoms in total. The maximum atomic E-state index is 13.2. The van der Waals surface area contributed by atoms with E-state index in [4.69, 9.17) is 0 Å². The van der Waals surface area contributed by atoms with Gasteiger partial charge in [0.15, 0.2) is 0 Å². The molecular weight excluding hydrogens is 281 g/mol. The van der Waals surface area contributed by atoms with E-state index in [2.05, 4.69) is 20.8 Å². The van der Waals surface area contributed by atoms with Crippen LogP contribution in [0, 0.1) is 11.7 Å². The van der Waals surface area contributed by atoms with Gasteiger partial charge in [-0.2, -0.15) is 0 Å². The van der Waals surface area contributed by atoms with Crippen LogP contribution in [0.5, 0.6) is 0 Å². The molecule has 3 rings (SSSR count). The molecular formula is C14H17BrFN. The van der Waals surface area contributed by atoms with Gasteiger partial charge in [-0.05, 0) is 55.4 Å². The fraction of sp³-hybridized carbons (Fsp3) is 0.571. The molecule has 0 N–H and O–H groups in total. The van der Waals surface area contributed by atoms with Crippen molar-refractivity contribution in [3.05, 3.63) is 29.6 Å². The van der Waals surface area contributed by atoms with Gasteiger partial charge in [0.1, 0.15) is 5.82 Å². The minimum Gasteiger partial charge on any atom is -0.368 e. The molecule has 0 heterocycles. The molecule has 2 fully saturated rings. The Morgan fingerprint density at radius 2 is 2.00 bits per heavy atom. The van der Waals surface area contributed by atoms with E-state index < -0.39 is 0 Å². The molecule has 1 aromatic rings. The van der Waals surface area contributed by atoms with Crippen molar-refractivity contribution >= 4 is 21.6 Å². The highest BCUT2D eigenvalue weighted by Gasteiger charge is 2.34. The molecule has 1 aromatic carbocycles. The van der Waals surface area contributed by atoms with E-state index in [0.717, 1.165) is 23.4 Å². The summed E-state index contributed by atoms with van der Waals surface area (Å²) in [6, 6.07) is 5.90. The smallest absolute Gasteiger partial charge is 0.123 e. The Kier molecular flexibility index (Phi) is 3.12. The molecule has 17 heavy (non-hydrogen) atoms. The summed E-state index contributed by atoms with van der Waals surface area (Å²) in [5, 5.41) is 0.730. The summed E-state index contributed by atoms with van der Waals surface area (Å²) < 4.78 is 13.2. The number of rotatable bonds is 5. The molecule has 0 bridgehead atoms. The summed E-state index contributed by atoms with van der Waals surface area (Å²) >= 11 is 3.47. The average Bonchev–Trinajstić information content (AvgIpc) is 3.18. The van der Waals surface area contributed by atoms with Crippen LogP contribution < -0.4 is 4.90 Å². The lowest BCUT2D eigenvalue weighted by molar-refractivity contribution is 0.625. The predicted octanol–water partition coefficient (Wildman–Crippen LogP) is 4.10. The minimum atomic E-state index is -0.134. The van der Waals surface area contributed by atoms with Crippen molar-refractivity contribution in [2.45, 2.75) is 37.1 Å². The lowest BCUT2D eigenvalue weighted by atomic mass is 10.1. The molecule has 3 heteroatoms. The van der Waals surface area contributed by atoms with Gasteiger partial charge in [-0.15, -0.1) is 0 Å². The van der Waals surface area contributed by atoms with Gasteiger partial charge in [-0.1, -0.05) is 15.9 Å². The lowest BCUT2D eigenvalue weighted by Crippen LogP contribution is -2.28. The van der Waals surface area contributed by atoms with Crippen molar-refractivity contribution in [2.75, 3.05) is 11.4 Å². The Morgan fingerprint density at radius 3 is 2.59 bits per heavy atom. The lowest BCUT2D eigenvalue weighted by Gasteiger charge is -2.27. The zero-order valence-electron chi connectivity index (χ0n) is 9.83. The second-order valence-corrected chi connectivity index (χ2v) is 5.79. The van der Waals surface area contributed by atoms with E-state index in [1.165, 1.54) is 31.4 Å². The summed E-state index contributed by atoms with van der Waals surface area (Å²) in [5.74, 6) is 0.745. The van der Waals surface area contributed by atoms with E-state index in [-0.39, 0.29) is 5.82 Å². The fourth-order valence-electron chi connectivity index (χ4n) is 2.35. The van der Waals surface area contributed by atoms with E-state index >= 15 is 0 Å². The molecule has 0 aliphatic heterocycles. The summed E-state index contributed by atoms with van der Waals surface area (Å²) in [7, 11) is 0. The maximum absolute atomic E-state index is 13.2. The second-order valence-electron chi connectivity index (χ2n) is 5.23. The number of anilines is 1. The Morgan fingerprint density at radius 1 is 1.24 bits per heavy atom. The van der Waals surface area contributed by atoms with Gasteiger partial charge in [0.25, 0.3) is 0 Å². The number of hydrogen-bond donors (Lipinski definition) is 0. The van der Waals surface area contributed by atoms with Crippen molar-refractivity contribution in [1.29, 1.82) is 0 Å². The van der Waals surface area contributed by atoms with E-state index in [9.17, 15) is 4.39 Å². The second kappa shape index (κ2) is 4.60. The van der Waals surface area contributed by atoms with Gasteiger partial charge in [0.2, 0.25) is 0 Å². The summed E-state index contributed by atoms with van der Waals surface area (Å²) in [6.07, 6.45) is 5.33. The third-order valence-corrected chi connectivity index (χ3v) is 4.24.